The number of amides is 1. The fraction of sp³-hybridized carbons (Fsp3) is 0.350. The number of aryl methyl sites for hydroxylation is 2. The molecule has 3 N–H and O–H groups in total. The lowest BCUT2D eigenvalue weighted by molar-refractivity contribution is -0.121. The summed E-state index contributed by atoms with van der Waals surface area (Å²) >= 11 is 0. The highest BCUT2D eigenvalue weighted by Gasteiger charge is 2.21. The average molecular weight is 361 g/mol. The standard InChI is InChI=1S/C20H24N2O2.ClH/c1-24-17-6-2-4-14(12-17)8-11-20(23)22-19-7-3-5-15-13-16(21)9-10-18(15)19;/h2,4,6,9-10,12-13,19H,3,5,7-8,11,21H2,1H3,(H,22,23);1H. The van der Waals surface area contributed by atoms with Crippen molar-refractivity contribution >= 4 is 24.0 Å². The summed E-state index contributed by atoms with van der Waals surface area (Å²) in [7, 11) is 1.65. The third-order valence-electron chi connectivity index (χ3n) is 4.59. The molecule has 25 heavy (non-hydrogen) atoms. The molecule has 0 bridgehead atoms. The van der Waals surface area contributed by atoms with Gasteiger partial charge in [0, 0.05) is 12.1 Å². The minimum Gasteiger partial charge on any atom is -0.497 e. The first-order valence-electron chi connectivity index (χ1n) is 8.46. The first kappa shape index (κ1) is 19.1. The van der Waals surface area contributed by atoms with E-state index < -0.39 is 0 Å². The van der Waals surface area contributed by atoms with Gasteiger partial charge in [-0.3, -0.25) is 4.79 Å². The van der Waals surface area contributed by atoms with Crippen LogP contribution in [0.1, 0.15) is 42.0 Å². The molecule has 1 aliphatic rings. The molecule has 0 saturated heterocycles. The fourth-order valence-electron chi connectivity index (χ4n) is 3.34. The van der Waals surface area contributed by atoms with Gasteiger partial charge in [0.15, 0.2) is 0 Å². The van der Waals surface area contributed by atoms with Crippen LogP contribution in [-0.2, 0) is 17.6 Å². The van der Waals surface area contributed by atoms with Gasteiger partial charge in [0.25, 0.3) is 0 Å². The second kappa shape index (κ2) is 8.77. The van der Waals surface area contributed by atoms with Crippen LogP contribution in [0.3, 0.4) is 0 Å². The van der Waals surface area contributed by atoms with E-state index in [-0.39, 0.29) is 24.4 Å². The zero-order chi connectivity index (χ0) is 16.9. The highest BCUT2D eigenvalue weighted by molar-refractivity contribution is 5.85. The maximum absolute atomic E-state index is 12.3. The van der Waals surface area contributed by atoms with Crippen molar-refractivity contribution in [3.8, 4) is 5.75 Å². The molecule has 1 aliphatic carbocycles. The summed E-state index contributed by atoms with van der Waals surface area (Å²) in [5.74, 6) is 0.916. The number of nitrogens with one attached hydrogen (secondary N) is 1. The second-order valence-corrected chi connectivity index (χ2v) is 6.32. The largest absolute Gasteiger partial charge is 0.497 e. The molecule has 0 fully saturated rings. The van der Waals surface area contributed by atoms with Gasteiger partial charge < -0.3 is 15.8 Å². The maximum Gasteiger partial charge on any atom is 0.220 e. The molecule has 0 aromatic heterocycles. The molecule has 0 radical (unpaired) electrons. The minimum atomic E-state index is 0. The number of rotatable bonds is 5. The summed E-state index contributed by atoms with van der Waals surface area (Å²) in [6.07, 6.45) is 4.30. The molecule has 1 amide bonds. The third-order valence-corrected chi connectivity index (χ3v) is 4.59. The van der Waals surface area contributed by atoms with E-state index >= 15 is 0 Å². The van der Waals surface area contributed by atoms with E-state index in [0.717, 1.165) is 36.3 Å². The lowest BCUT2D eigenvalue weighted by atomic mass is 9.87. The molecule has 0 heterocycles. The summed E-state index contributed by atoms with van der Waals surface area (Å²) in [5.41, 5.74) is 10.2. The molecule has 0 aliphatic heterocycles. The normalized spacial score (nSPS) is 15.6. The first-order chi connectivity index (χ1) is 11.7. The van der Waals surface area contributed by atoms with E-state index in [1.807, 2.05) is 36.4 Å². The van der Waals surface area contributed by atoms with Crippen LogP contribution >= 0.6 is 12.4 Å². The SMILES string of the molecule is COc1cccc(CCC(=O)NC2CCCc3cc(N)ccc32)c1.Cl. The number of carbonyl (C=O) groups excluding carboxylic acids is 1. The Morgan fingerprint density at radius 2 is 2.12 bits per heavy atom. The molecule has 2 aromatic rings. The Morgan fingerprint density at radius 1 is 1.28 bits per heavy atom. The summed E-state index contributed by atoms with van der Waals surface area (Å²) in [6.45, 7) is 0. The van der Waals surface area contributed by atoms with Crippen molar-refractivity contribution in [1.29, 1.82) is 0 Å². The highest BCUT2D eigenvalue weighted by atomic mass is 35.5. The van der Waals surface area contributed by atoms with Crippen molar-refractivity contribution in [3.05, 3.63) is 59.2 Å². The van der Waals surface area contributed by atoms with Crippen LogP contribution in [0, 0.1) is 0 Å². The van der Waals surface area contributed by atoms with Crippen molar-refractivity contribution in [2.24, 2.45) is 0 Å². The monoisotopic (exact) mass is 360 g/mol. The zero-order valence-corrected chi connectivity index (χ0v) is 15.3. The van der Waals surface area contributed by atoms with Crippen LogP contribution in [-0.4, -0.2) is 13.0 Å². The van der Waals surface area contributed by atoms with Gasteiger partial charge in [-0.1, -0.05) is 18.2 Å². The number of ether oxygens (including phenoxy) is 1. The molecular formula is C20H25ClN2O2. The number of fused-ring (bicyclic) bond motifs is 1. The van der Waals surface area contributed by atoms with Crippen LogP contribution in [0.5, 0.6) is 5.75 Å². The van der Waals surface area contributed by atoms with Crippen molar-refractivity contribution in [1.82, 2.24) is 5.32 Å². The highest BCUT2D eigenvalue weighted by Crippen LogP contribution is 2.31. The molecule has 5 heteroatoms. The van der Waals surface area contributed by atoms with Crippen LogP contribution < -0.4 is 15.8 Å². The number of anilines is 1. The van der Waals surface area contributed by atoms with E-state index in [2.05, 4.69) is 11.4 Å². The van der Waals surface area contributed by atoms with Gasteiger partial charge in [-0.2, -0.15) is 0 Å². The fourth-order valence-corrected chi connectivity index (χ4v) is 3.34. The van der Waals surface area contributed by atoms with E-state index in [9.17, 15) is 4.79 Å². The summed E-state index contributed by atoms with van der Waals surface area (Å²) in [5, 5.41) is 3.18. The number of benzene rings is 2. The number of halogens is 1. The lowest BCUT2D eigenvalue weighted by Crippen LogP contribution is -2.31. The molecule has 0 saturated carbocycles. The molecule has 1 unspecified atom stereocenters. The molecule has 1 atom stereocenters. The van der Waals surface area contributed by atoms with Crippen molar-refractivity contribution in [3.63, 3.8) is 0 Å². The smallest absolute Gasteiger partial charge is 0.220 e. The van der Waals surface area contributed by atoms with Gasteiger partial charge in [-0.15, -0.1) is 12.4 Å². The molecule has 0 spiro atoms. The quantitative estimate of drug-likeness (QED) is 0.796. The van der Waals surface area contributed by atoms with Crippen molar-refractivity contribution in [2.75, 3.05) is 12.8 Å². The summed E-state index contributed by atoms with van der Waals surface area (Å²) < 4.78 is 5.22. The first-order valence-corrected chi connectivity index (χ1v) is 8.46. The number of nitrogens with two attached hydrogens (primary N) is 1. The number of hydrogen-bond donors (Lipinski definition) is 2. The van der Waals surface area contributed by atoms with Gasteiger partial charge in [0.2, 0.25) is 5.91 Å². The molecule has 134 valence electrons. The number of methoxy groups -OCH3 is 1. The minimum absolute atomic E-state index is 0. The Morgan fingerprint density at radius 3 is 2.92 bits per heavy atom. The maximum atomic E-state index is 12.3. The van der Waals surface area contributed by atoms with Crippen molar-refractivity contribution < 1.29 is 9.53 Å². The van der Waals surface area contributed by atoms with Gasteiger partial charge in [-0.25, -0.2) is 0 Å². The number of hydrogen-bond acceptors (Lipinski definition) is 3. The Bertz CT molecular complexity index is 733. The molecule has 3 rings (SSSR count). The predicted octanol–water partition coefficient (Wildman–Crippen LogP) is 3.83. The topological polar surface area (TPSA) is 64.3 Å². The summed E-state index contributed by atoms with van der Waals surface area (Å²) in [6, 6.07) is 14.0. The molecule has 2 aromatic carbocycles. The molecular weight excluding hydrogens is 336 g/mol. The van der Waals surface area contributed by atoms with Gasteiger partial charge in [-0.05, 0) is 66.6 Å². The second-order valence-electron chi connectivity index (χ2n) is 6.32. The van der Waals surface area contributed by atoms with Crippen molar-refractivity contribution in [2.45, 2.75) is 38.1 Å². The van der Waals surface area contributed by atoms with E-state index in [1.165, 1.54) is 11.1 Å². The van der Waals surface area contributed by atoms with E-state index in [0.29, 0.717) is 12.8 Å². The van der Waals surface area contributed by atoms with Crippen LogP contribution in [0.2, 0.25) is 0 Å². The van der Waals surface area contributed by atoms with Crippen LogP contribution in [0.15, 0.2) is 42.5 Å². The van der Waals surface area contributed by atoms with E-state index in [1.54, 1.807) is 7.11 Å². The van der Waals surface area contributed by atoms with Gasteiger partial charge >= 0.3 is 0 Å². The molecule has 4 nitrogen and oxygen atoms in total. The Labute approximate surface area is 155 Å². The number of carbonyl (C=O) groups is 1. The summed E-state index contributed by atoms with van der Waals surface area (Å²) in [4.78, 5) is 12.3. The number of nitrogen functional groups attached to an aromatic ring is 1. The van der Waals surface area contributed by atoms with Crippen LogP contribution in [0.25, 0.3) is 0 Å². The van der Waals surface area contributed by atoms with Gasteiger partial charge in [0.1, 0.15) is 5.75 Å². The third kappa shape index (κ3) is 4.89. The Balaban J connectivity index is 0.00000225. The Kier molecular flexibility index (Phi) is 6.71. The van der Waals surface area contributed by atoms with Gasteiger partial charge in [0.05, 0.1) is 13.2 Å². The average Bonchev–Trinajstić information content (AvgIpc) is 2.60. The Hall–Kier alpha value is -2.20. The zero-order valence-electron chi connectivity index (χ0n) is 14.5. The van der Waals surface area contributed by atoms with E-state index in [4.69, 9.17) is 10.5 Å². The van der Waals surface area contributed by atoms with Crippen LogP contribution in [0.4, 0.5) is 5.69 Å². The lowest BCUT2D eigenvalue weighted by Gasteiger charge is -2.26. The predicted molar refractivity (Wildman–Crippen MR) is 103 cm³/mol.